The normalized spacial score (nSPS) is 22.9. The average Bonchev–Trinajstić information content (AvgIpc) is 2.41. The van der Waals surface area contributed by atoms with Gasteiger partial charge in [-0.3, -0.25) is 4.79 Å². The number of carbonyl (C=O) groups is 1. The van der Waals surface area contributed by atoms with E-state index in [0.29, 0.717) is 12.5 Å². The number of hydrogen-bond donors (Lipinski definition) is 2. The number of halogens is 3. The van der Waals surface area contributed by atoms with Crippen LogP contribution in [0.4, 0.5) is 13.2 Å². The maximum atomic E-state index is 12.9. The van der Waals surface area contributed by atoms with Gasteiger partial charge in [0.1, 0.15) is 0 Å². The Bertz CT molecular complexity index is 502. The van der Waals surface area contributed by atoms with Gasteiger partial charge in [-0.25, -0.2) is 0 Å². The number of piperidine rings is 1. The smallest absolute Gasteiger partial charge is 0.352 e. The molecule has 1 heterocycles. The number of rotatable bonds is 3. The summed E-state index contributed by atoms with van der Waals surface area (Å²) in [5.41, 5.74) is -0.728. The zero-order chi connectivity index (χ0) is 15.5. The summed E-state index contributed by atoms with van der Waals surface area (Å²) in [6.45, 7) is 3.60. The zero-order valence-electron chi connectivity index (χ0n) is 11.8. The van der Waals surface area contributed by atoms with Crippen LogP contribution >= 0.6 is 0 Å². The lowest BCUT2D eigenvalue weighted by molar-refractivity contribution is -0.138. The summed E-state index contributed by atoms with van der Waals surface area (Å²) in [6, 6.07) is 5.18. The van der Waals surface area contributed by atoms with Gasteiger partial charge in [0.2, 0.25) is 5.91 Å². The molecule has 1 fully saturated rings. The molecule has 2 atom stereocenters. The molecule has 1 aromatic carbocycles. The van der Waals surface area contributed by atoms with E-state index in [1.165, 1.54) is 18.2 Å². The van der Waals surface area contributed by atoms with Crippen LogP contribution in [0.25, 0.3) is 0 Å². The van der Waals surface area contributed by atoms with Crippen molar-refractivity contribution in [1.82, 2.24) is 10.6 Å². The summed E-state index contributed by atoms with van der Waals surface area (Å²) < 4.78 is 38.6. The second kappa shape index (κ2) is 6.47. The summed E-state index contributed by atoms with van der Waals surface area (Å²) in [5.74, 6) is -0.0414. The summed E-state index contributed by atoms with van der Waals surface area (Å²) in [5, 5.41) is 6.00. The highest BCUT2D eigenvalue weighted by Crippen LogP contribution is 2.32. The van der Waals surface area contributed by atoms with Crippen molar-refractivity contribution in [2.24, 2.45) is 5.92 Å². The molecule has 0 bridgehead atoms. The molecule has 0 saturated carbocycles. The summed E-state index contributed by atoms with van der Waals surface area (Å²) in [7, 11) is 0. The minimum Gasteiger partial charge on any atom is -0.352 e. The standard InChI is InChI=1S/C15H19F3N2O/c1-10-6-7-19-9-13(10)20-14(21)8-11-4-2-3-5-12(11)15(16,17)18/h2-5,10,13,19H,6-9H2,1H3,(H,20,21). The van der Waals surface area contributed by atoms with Gasteiger partial charge in [0.25, 0.3) is 0 Å². The number of carbonyl (C=O) groups excluding carboxylic acids is 1. The Balaban J connectivity index is 2.03. The van der Waals surface area contributed by atoms with Crippen molar-refractivity contribution < 1.29 is 18.0 Å². The van der Waals surface area contributed by atoms with Crippen LogP contribution in [0.1, 0.15) is 24.5 Å². The van der Waals surface area contributed by atoms with Gasteiger partial charge in [0.15, 0.2) is 0 Å². The van der Waals surface area contributed by atoms with E-state index in [1.54, 1.807) is 0 Å². The molecule has 0 spiro atoms. The van der Waals surface area contributed by atoms with Crippen molar-refractivity contribution >= 4 is 5.91 Å². The van der Waals surface area contributed by atoms with Crippen molar-refractivity contribution in [3.8, 4) is 0 Å². The van der Waals surface area contributed by atoms with Gasteiger partial charge < -0.3 is 10.6 Å². The van der Waals surface area contributed by atoms with Crippen LogP contribution in [-0.4, -0.2) is 25.0 Å². The van der Waals surface area contributed by atoms with E-state index in [0.717, 1.165) is 19.0 Å². The van der Waals surface area contributed by atoms with Gasteiger partial charge in [0.05, 0.1) is 12.0 Å². The first-order chi connectivity index (χ1) is 9.88. The minimum atomic E-state index is -4.43. The second-order valence-corrected chi connectivity index (χ2v) is 5.48. The van der Waals surface area contributed by atoms with E-state index in [9.17, 15) is 18.0 Å². The summed E-state index contributed by atoms with van der Waals surface area (Å²) in [6.07, 6.45) is -3.74. The molecule has 1 aliphatic heterocycles. The number of alkyl halides is 3. The van der Waals surface area contributed by atoms with E-state index in [4.69, 9.17) is 0 Å². The van der Waals surface area contributed by atoms with Crippen molar-refractivity contribution in [1.29, 1.82) is 0 Å². The molecular formula is C15H19F3N2O. The van der Waals surface area contributed by atoms with Crippen LogP contribution in [0.15, 0.2) is 24.3 Å². The molecule has 2 unspecified atom stereocenters. The maximum absolute atomic E-state index is 12.9. The lowest BCUT2D eigenvalue weighted by atomic mass is 9.94. The van der Waals surface area contributed by atoms with Gasteiger partial charge in [0, 0.05) is 12.6 Å². The first-order valence-corrected chi connectivity index (χ1v) is 7.03. The van der Waals surface area contributed by atoms with Crippen LogP contribution in [0.5, 0.6) is 0 Å². The summed E-state index contributed by atoms with van der Waals surface area (Å²) >= 11 is 0. The SMILES string of the molecule is CC1CCNCC1NC(=O)Cc1ccccc1C(F)(F)F. The van der Waals surface area contributed by atoms with E-state index in [-0.39, 0.29) is 23.9 Å². The maximum Gasteiger partial charge on any atom is 0.416 e. The van der Waals surface area contributed by atoms with Crippen molar-refractivity contribution in [2.45, 2.75) is 32.0 Å². The third-order valence-corrected chi connectivity index (χ3v) is 3.85. The molecule has 21 heavy (non-hydrogen) atoms. The third kappa shape index (κ3) is 4.20. The zero-order valence-corrected chi connectivity index (χ0v) is 11.8. The number of benzene rings is 1. The van der Waals surface area contributed by atoms with Gasteiger partial charge in [-0.15, -0.1) is 0 Å². The highest BCUT2D eigenvalue weighted by Gasteiger charge is 2.33. The van der Waals surface area contributed by atoms with Crippen LogP contribution in [0.3, 0.4) is 0 Å². The quantitative estimate of drug-likeness (QED) is 0.900. The predicted octanol–water partition coefficient (Wildman–Crippen LogP) is 2.36. The van der Waals surface area contributed by atoms with Crippen LogP contribution in [0.2, 0.25) is 0 Å². The largest absolute Gasteiger partial charge is 0.416 e. The van der Waals surface area contributed by atoms with Crippen molar-refractivity contribution in [3.05, 3.63) is 35.4 Å². The molecule has 1 amide bonds. The Morgan fingerprint density at radius 2 is 2.10 bits per heavy atom. The van der Waals surface area contributed by atoms with Gasteiger partial charge in [-0.05, 0) is 30.5 Å². The van der Waals surface area contributed by atoms with Gasteiger partial charge in [-0.1, -0.05) is 25.1 Å². The Morgan fingerprint density at radius 1 is 1.38 bits per heavy atom. The van der Waals surface area contributed by atoms with Crippen molar-refractivity contribution in [3.63, 3.8) is 0 Å². The number of hydrogen-bond acceptors (Lipinski definition) is 2. The first kappa shape index (κ1) is 15.8. The van der Waals surface area contributed by atoms with Crippen LogP contribution < -0.4 is 10.6 Å². The Kier molecular flexibility index (Phi) is 4.88. The average molecular weight is 300 g/mol. The molecule has 1 aliphatic rings. The van der Waals surface area contributed by atoms with E-state index >= 15 is 0 Å². The molecule has 2 rings (SSSR count). The summed E-state index contributed by atoms with van der Waals surface area (Å²) in [4.78, 5) is 12.0. The fourth-order valence-electron chi connectivity index (χ4n) is 2.56. The van der Waals surface area contributed by atoms with E-state index in [1.807, 2.05) is 6.92 Å². The first-order valence-electron chi connectivity index (χ1n) is 7.03. The van der Waals surface area contributed by atoms with Gasteiger partial charge >= 0.3 is 6.18 Å². The third-order valence-electron chi connectivity index (χ3n) is 3.85. The van der Waals surface area contributed by atoms with Gasteiger partial charge in [-0.2, -0.15) is 13.2 Å². The molecule has 0 aromatic heterocycles. The highest BCUT2D eigenvalue weighted by atomic mass is 19.4. The van der Waals surface area contributed by atoms with E-state index < -0.39 is 11.7 Å². The Hall–Kier alpha value is -1.56. The Labute approximate surface area is 121 Å². The lowest BCUT2D eigenvalue weighted by Gasteiger charge is -2.30. The molecule has 6 heteroatoms. The molecular weight excluding hydrogens is 281 g/mol. The molecule has 1 saturated heterocycles. The van der Waals surface area contributed by atoms with Crippen molar-refractivity contribution in [2.75, 3.05) is 13.1 Å². The molecule has 116 valence electrons. The minimum absolute atomic E-state index is 0.0129. The lowest BCUT2D eigenvalue weighted by Crippen LogP contribution is -2.50. The molecule has 3 nitrogen and oxygen atoms in total. The van der Waals surface area contributed by atoms with Crippen LogP contribution in [0, 0.1) is 5.92 Å². The van der Waals surface area contributed by atoms with E-state index in [2.05, 4.69) is 10.6 Å². The monoisotopic (exact) mass is 300 g/mol. The molecule has 2 N–H and O–H groups in total. The second-order valence-electron chi connectivity index (χ2n) is 5.48. The number of nitrogens with one attached hydrogen (secondary N) is 2. The fraction of sp³-hybridized carbons (Fsp3) is 0.533. The molecule has 0 radical (unpaired) electrons. The Morgan fingerprint density at radius 3 is 2.76 bits per heavy atom. The fourth-order valence-corrected chi connectivity index (χ4v) is 2.56. The van der Waals surface area contributed by atoms with Crippen LogP contribution in [-0.2, 0) is 17.4 Å². The highest BCUT2D eigenvalue weighted by molar-refractivity contribution is 5.79. The molecule has 1 aromatic rings. The molecule has 0 aliphatic carbocycles. The topological polar surface area (TPSA) is 41.1 Å². The number of amides is 1. The predicted molar refractivity (Wildman–Crippen MR) is 73.7 cm³/mol.